The zero-order valence-electron chi connectivity index (χ0n) is 12.7. The minimum Gasteiger partial charge on any atom is -0.395 e. The molecule has 0 aromatic carbocycles. The van der Waals surface area contributed by atoms with E-state index in [1.165, 1.54) is 0 Å². The number of aliphatic hydroxyl groups is 1. The summed E-state index contributed by atoms with van der Waals surface area (Å²) in [5.74, 6) is 0.512. The molecular weight excluding hydrogens is 260 g/mol. The van der Waals surface area contributed by atoms with E-state index in [0.717, 1.165) is 12.8 Å². The predicted octanol–water partition coefficient (Wildman–Crippen LogP) is 2.11. The summed E-state index contributed by atoms with van der Waals surface area (Å²) >= 11 is 0. The molecule has 20 heavy (non-hydrogen) atoms. The average molecular weight is 284 g/mol. The number of nitro groups is 1. The van der Waals surface area contributed by atoms with Gasteiger partial charge in [0.1, 0.15) is 5.69 Å². The van der Waals surface area contributed by atoms with Crippen molar-refractivity contribution in [2.45, 2.75) is 53.1 Å². The third kappa shape index (κ3) is 3.09. The Hall–Kier alpha value is -1.63. The van der Waals surface area contributed by atoms with Crippen molar-refractivity contribution in [3.8, 4) is 0 Å². The number of aryl methyl sites for hydroxylation is 2. The van der Waals surface area contributed by atoms with Gasteiger partial charge < -0.3 is 10.0 Å². The van der Waals surface area contributed by atoms with Crippen LogP contribution in [0.25, 0.3) is 0 Å². The lowest BCUT2D eigenvalue weighted by molar-refractivity contribution is -0.384. The summed E-state index contributed by atoms with van der Waals surface area (Å²) in [6, 6.07) is 0.155. The van der Waals surface area contributed by atoms with Crippen molar-refractivity contribution < 1.29 is 10.0 Å². The van der Waals surface area contributed by atoms with Crippen LogP contribution in [-0.4, -0.2) is 39.0 Å². The molecule has 1 heterocycles. The molecule has 1 aromatic rings. The maximum atomic E-state index is 11.3. The Balaban J connectivity index is 3.40. The van der Waals surface area contributed by atoms with Crippen molar-refractivity contribution in [1.29, 1.82) is 0 Å². The number of aromatic nitrogens is 2. The van der Waals surface area contributed by atoms with E-state index in [4.69, 9.17) is 0 Å². The van der Waals surface area contributed by atoms with Crippen LogP contribution in [0.1, 0.15) is 39.3 Å². The number of anilines is 1. The lowest BCUT2D eigenvalue weighted by Gasteiger charge is -2.31. The van der Waals surface area contributed by atoms with E-state index in [0.29, 0.717) is 24.6 Å². The van der Waals surface area contributed by atoms with E-state index in [1.807, 2.05) is 25.7 Å². The van der Waals surface area contributed by atoms with Gasteiger partial charge in [0.25, 0.3) is 0 Å². The largest absolute Gasteiger partial charge is 0.395 e. The minimum absolute atomic E-state index is 0.0401. The molecule has 0 saturated carbocycles. The standard InChI is InChI=1S/C13H24N4O3/c1-5-11(6-2)15(8-9-18)13-12(17(19)20)10(4)14-16(13)7-3/h11,18H,5-9H2,1-4H3. The number of aliphatic hydroxyl groups excluding tert-OH is 1. The van der Waals surface area contributed by atoms with E-state index >= 15 is 0 Å². The third-order valence-corrected chi connectivity index (χ3v) is 3.55. The first kappa shape index (κ1) is 16.4. The maximum absolute atomic E-state index is 11.3. The van der Waals surface area contributed by atoms with Crippen molar-refractivity contribution in [2.24, 2.45) is 0 Å². The number of hydrogen-bond donors (Lipinski definition) is 1. The van der Waals surface area contributed by atoms with Crippen LogP contribution in [0, 0.1) is 17.0 Å². The second-order valence-electron chi connectivity index (χ2n) is 4.72. The van der Waals surface area contributed by atoms with Gasteiger partial charge in [0, 0.05) is 19.1 Å². The van der Waals surface area contributed by atoms with Crippen LogP contribution >= 0.6 is 0 Å². The summed E-state index contributed by atoms with van der Waals surface area (Å²) in [5, 5.41) is 24.9. The summed E-state index contributed by atoms with van der Waals surface area (Å²) in [6.07, 6.45) is 1.73. The fourth-order valence-electron chi connectivity index (χ4n) is 2.58. The van der Waals surface area contributed by atoms with Crippen LogP contribution in [-0.2, 0) is 6.54 Å². The number of hydrogen-bond acceptors (Lipinski definition) is 5. The van der Waals surface area contributed by atoms with Crippen LogP contribution in [0.3, 0.4) is 0 Å². The van der Waals surface area contributed by atoms with Crippen LogP contribution in [0.2, 0.25) is 0 Å². The molecule has 1 aromatic heterocycles. The highest BCUT2D eigenvalue weighted by Gasteiger charge is 2.31. The molecule has 0 aliphatic rings. The number of nitrogens with zero attached hydrogens (tertiary/aromatic N) is 4. The van der Waals surface area contributed by atoms with Gasteiger partial charge in [0.15, 0.2) is 0 Å². The second kappa shape index (κ2) is 7.23. The monoisotopic (exact) mass is 284 g/mol. The van der Waals surface area contributed by atoms with Gasteiger partial charge in [-0.2, -0.15) is 5.10 Å². The Bertz CT molecular complexity index is 455. The molecule has 0 bridgehead atoms. The van der Waals surface area contributed by atoms with Crippen LogP contribution in [0.15, 0.2) is 0 Å². The molecular formula is C13H24N4O3. The molecule has 114 valence electrons. The van der Waals surface area contributed by atoms with Crippen molar-refractivity contribution in [2.75, 3.05) is 18.1 Å². The Morgan fingerprint density at radius 3 is 2.40 bits per heavy atom. The fraction of sp³-hybridized carbons (Fsp3) is 0.769. The first-order valence-electron chi connectivity index (χ1n) is 7.10. The molecule has 1 N–H and O–H groups in total. The van der Waals surface area contributed by atoms with Gasteiger partial charge >= 0.3 is 5.69 Å². The highest BCUT2D eigenvalue weighted by molar-refractivity contribution is 5.62. The summed E-state index contributed by atoms with van der Waals surface area (Å²) in [6.45, 7) is 8.54. The van der Waals surface area contributed by atoms with E-state index in [9.17, 15) is 15.2 Å². The molecule has 7 nitrogen and oxygen atoms in total. The van der Waals surface area contributed by atoms with Gasteiger partial charge in [-0.15, -0.1) is 0 Å². The fourth-order valence-corrected chi connectivity index (χ4v) is 2.58. The molecule has 7 heteroatoms. The molecule has 1 rings (SSSR count). The molecule has 0 aliphatic carbocycles. The van der Waals surface area contributed by atoms with Crippen molar-refractivity contribution >= 4 is 11.5 Å². The van der Waals surface area contributed by atoms with E-state index < -0.39 is 0 Å². The van der Waals surface area contributed by atoms with Gasteiger partial charge in [-0.1, -0.05) is 13.8 Å². The van der Waals surface area contributed by atoms with Gasteiger partial charge in [0.2, 0.25) is 5.82 Å². The first-order valence-corrected chi connectivity index (χ1v) is 7.10. The molecule has 0 saturated heterocycles. The zero-order valence-corrected chi connectivity index (χ0v) is 12.7. The predicted molar refractivity (Wildman–Crippen MR) is 78.1 cm³/mol. The molecule has 0 radical (unpaired) electrons. The molecule has 0 fully saturated rings. The quantitative estimate of drug-likeness (QED) is 0.583. The van der Waals surface area contributed by atoms with Gasteiger partial charge in [0.05, 0.1) is 11.5 Å². The van der Waals surface area contributed by atoms with Gasteiger partial charge in [-0.05, 0) is 26.7 Å². The van der Waals surface area contributed by atoms with Crippen LogP contribution < -0.4 is 4.90 Å². The molecule has 0 aliphatic heterocycles. The highest BCUT2D eigenvalue weighted by atomic mass is 16.6. The Morgan fingerprint density at radius 2 is 2.00 bits per heavy atom. The Kier molecular flexibility index (Phi) is 5.94. The number of rotatable bonds is 8. The summed E-state index contributed by atoms with van der Waals surface area (Å²) in [5.41, 5.74) is 0.466. The summed E-state index contributed by atoms with van der Waals surface area (Å²) < 4.78 is 1.65. The van der Waals surface area contributed by atoms with Crippen LogP contribution in [0.4, 0.5) is 11.5 Å². The van der Waals surface area contributed by atoms with Crippen molar-refractivity contribution in [3.05, 3.63) is 15.8 Å². The first-order chi connectivity index (χ1) is 9.51. The molecule has 0 atom stereocenters. The maximum Gasteiger partial charge on any atom is 0.333 e. The zero-order chi connectivity index (χ0) is 15.3. The second-order valence-corrected chi connectivity index (χ2v) is 4.72. The van der Waals surface area contributed by atoms with Crippen molar-refractivity contribution in [1.82, 2.24) is 9.78 Å². The van der Waals surface area contributed by atoms with E-state index in [1.54, 1.807) is 11.6 Å². The lowest BCUT2D eigenvalue weighted by atomic mass is 10.1. The normalized spacial score (nSPS) is 11.1. The Labute approximate surface area is 119 Å². The van der Waals surface area contributed by atoms with Crippen LogP contribution in [0.5, 0.6) is 0 Å². The summed E-state index contributed by atoms with van der Waals surface area (Å²) in [4.78, 5) is 12.9. The van der Waals surface area contributed by atoms with E-state index in [2.05, 4.69) is 5.10 Å². The summed E-state index contributed by atoms with van der Waals surface area (Å²) in [7, 11) is 0. The molecule has 0 amide bonds. The molecule has 0 unspecified atom stereocenters. The average Bonchev–Trinajstić information content (AvgIpc) is 2.75. The van der Waals surface area contributed by atoms with E-state index in [-0.39, 0.29) is 23.3 Å². The Morgan fingerprint density at radius 1 is 1.40 bits per heavy atom. The van der Waals surface area contributed by atoms with Gasteiger partial charge in [-0.25, -0.2) is 4.68 Å². The van der Waals surface area contributed by atoms with Crippen molar-refractivity contribution in [3.63, 3.8) is 0 Å². The third-order valence-electron chi connectivity index (χ3n) is 3.55. The van der Waals surface area contributed by atoms with Gasteiger partial charge in [-0.3, -0.25) is 10.1 Å². The smallest absolute Gasteiger partial charge is 0.333 e. The molecule has 0 spiro atoms. The topological polar surface area (TPSA) is 84.4 Å². The lowest BCUT2D eigenvalue weighted by Crippen LogP contribution is -2.38. The SMILES string of the molecule is CCC(CC)N(CCO)c1c([N+](=O)[O-])c(C)nn1CC. The highest BCUT2D eigenvalue weighted by Crippen LogP contribution is 2.33. The minimum atomic E-state index is -0.378.